The standard InChI is InChI=1S/C15H15BrO7/c1-5(16)6-9(17)7-8(10(18)13(6)21-2)12(20)15(23-4)14(22-3)11(7)19/h5,17-18H,1-4H3. The number of hydrogen-bond acceptors (Lipinski definition) is 7. The lowest BCUT2D eigenvalue weighted by Crippen LogP contribution is -2.25. The summed E-state index contributed by atoms with van der Waals surface area (Å²) < 4.78 is 15.0. The summed E-state index contributed by atoms with van der Waals surface area (Å²) in [7, 11) is 3.69. The number of halogens is 1. The lowest BCUT2D eigenvalue weighted by molar-refractivity contribution is 0.0823. The van der Waals surface area contributed by atoms with E-state index in [9.17, 15) is 19.8 Å². The van der Waals surface area contributed by atoms with Crippen molar-refractivity contribution in [3.63, 3.8) is 0 Å². The SMILES string of the molecule is COC1=C(OC)C(=O)c2c(O)c(C(C)Br)c(OC)c(O)c2C1=O. The minimum absolute atomic E-state index is 0.0944. The Labute approximate surface area is 140 Å². The van der Waals surface area contributed by atoms with Gasteiger partial charge in [0.1, 0.15) is 5.75 Å². The number of fused-ring (bicyclic) bond motifs is 1. The molecule has 2 N–H and O–H groups in total. The minimum Gasteiger partial charge on any atom is -0.507 e. The number of phenolic OH excluding ortho intramolecular Hbond substituents is 2. The zero-order valence-electron chi connectivity index (χ0n) is 12.9. The predicted molar refractivity (Wildman–Crippen MR) is 83.4 cm³/mol. The molecule has 0 fully saturated rings. The van der Waals surface area contributed by atoms with Crippen LogP contribution in [0.5, 0.6) is 17.2 Å². The summed E-state index contributed by atoms with van der Waals surface area (Å²) in [6.45, 7) is 1.67. The van der Waals surface area contributed by atoms with Gasteiger partial charge in [-0.2, -0.15) is 0 Å². The van der Waals surface area contributed by atoms with Crippen LogP contribution in [0.1, 0.15) is 38.0 Å². The van der Waals surface area contributed by atoms with Crippen LogP contribution in [0.15, 0.2) is 11.5 Å². The molecular formula is C15H15BrO7. The number of carbonyl (C=O) groups is 2. The molecule has 124 valence electrons. The van der Waals surface area contributed by atoms with Crippen molar-refractivity contribution in [2.75, 3.05) is 21.3 Å². The minimum atomic E-state index is -0.779. The van der Waals surface area contributed by atoms with Crippen LogP contribution in [0.25, 0.3) is 0 Å². The number of benzene rings is 1. The van der Waals surface area contributed by atoms with E-state index in [0.717, 1.165) is 0 Å². The van der Waals surface area contributed by atoms with Gasteiger partial charge in [0.15, 0.2) is 11.5 Å². The fourth-order valence-corrected chi connectivity index (χ4v) is 2.97. The normalized spacial score (nSPS) is 15.3. The Balaban J connectivity index is 2.94. The average molecular weight is 387 g/mol. The molecule has 23 heavy (non-hydrogen) atoms. The molecule has 1 unspecified atom stereocenters. The third-order valence-electron chi connectivity index (χ3n) is 3.52. The third-order valence-corrected chi connectivity index (χ3v) is 3.98. The summed E-state index contributed by atoms with van der Waals surface area (Å²) in [4.78, 5) is 24.7. The van der Waals surface area contributed by atoms with Gasteiger partial charge >= 0.3 is 0 Å². The Bertz CT molecular complexity index is 734. The molecule has 0 amide bonds. The van der Waals surface area contributed by atoms with E-state index >= 15 is 0 Å². The molecule has 0 bridgehead atoms. The zero-order valence-corrected chi connectivity index (χ0v) is 14.5. The van der Waals surface area contributed by atoms with Crippen LogP contribution in [-0.4, -0.2) is 43.1 Å². The van der Waals surface area contributed by atoms with E-state index < -0.39 is 27.9 Å². The van der Waals surface area contributed by atoms with Crippen molar-refractivity contribution in [1.82, 2.24) is 0 Å². The molecular weight excluding hydrogens is 372 g/mol. The van der Waals surface area contributed by atoms with Crippen LogP contribution >= 0.6 is 15.9 Å². The van der Waals surface area contributed by atoms with Crippen molar-refractivity contribution in [3.8, 4) is 17.2 Å². The highest BCUT2D eigenvalue weighted by molar-refractivity contribution is 9.09. The smallest absolute Gasteiger partial charge is 0.236 e. The lowest BCUT2D eigenvalue weighted by Gasteiger charge is -2.24. The first-order valence-electron chi connectivity index (χ1n) is 6.53. The summed E-state index contributed by atoms with van der Waals surface area (Å²) in [5.41, 5.74) is -0.563. The number of phenols is 2. The monoisotopic (exact) mass is 386 g/mol. The fourth-order valence-electron chi connectivity index (χ4n) is 2.54. The molecule has 0 aromatic heterocycles. The van der Waals surface area contributed by atoms with Gasteiger partial charge in [0.2, 0.25) is 23.1 Å². The van der Waals surface area contributed by atoms with Gasteiger partial charge in [0.05, 0.1) is 38.0 Å². The van der Waals surface area contributed by atoms with E-state index in [2.05, 4.69) is 15.9 Å². The molecule has 0 aliphatic heterocycles. The number of alkyl halides is 1. The molecule has 8 heteroatoms. The van der Waals surface area contributed by atoms with Gasteiger partial charge in [0.25, 0.3) is 0 Å². The van der Waals surface area contributed by atoms with Gasteiger partial charge in [-0.25, -0.2) is 0 Å². The molecule has 0 saturated carbocycles. The zero-order chi connectivity index (χ0) is 17.5. The summed E-state index contributed by atoms with van der Waals surface area (Å²) in [5, 5.41) is 20.9. The van der Waals surface area contributed by atoms with Crippen molar-refractivity contribution >= 4 is 27.5 Å². The summed E-state index contributed by atoms with van der Waals surface area (Å²) in [6, 6.07) is 0. The molecule has 1 aliphatic rings. The van der Waals surface area contributed by atoms with Crippen LogP contribution in [0, 0.1) is 0 Å². The van der Waals surface area contributed by atoms with Crippen molar-refractivity contribution in [2.45, 2.75) is 11.8 Å². The maximum atomic E-state index is 12.6. The number of ketones is 2. The number of aromatic hydroxyl groups is 2. The number of hydrogen-bond donors (Lipinski definition) is 2. The van der Waals surface area contributed by atoms with Crippen molar-refractivity contribution < 1.29 is 34.0 Å². The topological polar surface area (TPSA) is 102 Å². The van der Waals surface area contributed by atoms with Gasteiger partial charge in [-0.3, -0.25) is 9.59 Å². The van der Waals surface area contributed by atoms with Crippen LogP contribution < -0.4 is 4.74 Å². The van der Waals surface area contributed by atoms with E-state index in [4.69, 9.17) is 14.2 Å². The maximum absolute atomic E-state index is 12.6. The number of methoxy groups -OCH3 is 3. The van der Waals surface area contributed by atoms with E-state index in [0.29, 0.717) is 0 Å². The number of rotatable bonds is 4. The Hall–Kier alpha value is -2.22. The van der Waals surface area contributed by atoms with Gasteiger partial charge < -0.3 is 24.4 Å². The fraction of sp³-hybridized carbons (Fsp3) is 0.333. The molecule has 0 spiro atoms. The second-order valence-corrected chi connectivity index (χ2v) is 6.11. The van der Waals surface area contributed by atoms with E-state index in [1.807, 2.05) is 0 Å². The van der Waals surface area contributed by atoms with Crippen LogP contribution in [-0.2, 0) is 9.47 Å². The highest BCUT2D eigenvalue weighted by atomic mass is 79.9. The molecule has 7 nitrogen and oxygen atoms in total. The average Bonchev–Trinajstić information content (AvgIpc) is 2.51. The molecule has 1 atom stereocenters. The van der Waals surface area contributed by atoms with Gasteiger partial charge in [-0.15, -0.1) is 0 Å². The highest BCUT2D eigenvalue weighted by Crippen LogP contribution is 2.50. The van der Waals surface area contributed by atoms with E-state index in [-0.39, 0.29) is 34.0 Å². The number of ether oxygens (including phenoxy) is 3. The molecule has 0 radical (unpaired) electrons. The quantitative estimate of drug-likeness (QED) is 0.604. The molecule has 2 rings (SSSR count). The summed E-state index contributed by atoms with van der Waals surface area (Å²) in [6.07, 6.45) is 0. The van der Waals surface area contributed by atoms with Crippen LogP contribution in [0.3, 0.4) is 0 Å². The van der Waals surface area contributed by atoms with E-state index in [1.165, 1.54) is 21.3 Å². The highest BCUT2D eigenvalue weighted by Gasteiger charge is 2.42. The molecule has 0 saturated heterocycles. The molecule has 0 heterocycles. The van der Waals surface area contributed by atoms with Crippen molar-refractivity contribution in [1.29, 1.82) is 0 Å². The summed E-state index contributed by atoms with van der Waals surface area (Å²) >= 11 is 3.26. The van der Waals surface area contributed by atoms with Crippen LogP contribution in [0.4, 0.5) is 0 Å². The second kappa shape index (κ2) is 6.11. The maximum Gasteiger partial charge on any atom is 0.236 e. The number of Topliss-reactive ketones (excluding diaryl/α,β-unsaturated/α-hetero) is 2. The van der Waals surface area contributed by atoms with Gasteiger partial charge in [-0.1, -0.05) is 15.9 Å². The van der Waals surface area contributed by atoms with E-state index in [1.54, 1.807) is 6.92 Å². The van der Waals surface area contributed by atoms with Crippen molar-refractivity contribution in [3.05, 3.63) is 28.2 Å². The Morgan fingerprint density at radius 3 is 1.65 bits per heavy atom. The molecule has 1 aliphatic carbocycles. The number of allylic oxidation sites excluding steroid dienone is 2. The van der Waals surface area contributed by atoms with Gasteiger partial charge in [0, 0.05) is 4.83 Å². The Kier molecular flexibility index (Phi) is 4.56. The number of carbonyl (C=O) groups excluding carboxylic acids is 2. The third kappa shape index (κ3) is 2.33. The molecule has 1 aromatic rings. The largest absolute Gasteiger partial charge is 0.507 e. The van der Waals surface area contributed by atoms with Crippen molar-refractivity contribution in [2.24, 2.45) is 0 Å². The predicted octanol–water partition coefficient (Wildman–Crippen LogP) is 2.45. The first-order chi connectivity index (χ1) is 10.8. The Morgan fingerprint density at radius 2 is 1.30 bits per heavy atom. The first-order valence-corrected chi connectivity index (χ1v) is 7.44. The first kappa shape index (κ1) is 17.1. The van der Waals surface area contributed by atoms with Crippen LogP contribution in [0.2, 0.25) is 0 Å². The lowest BCUT2D eigenvalue weighted by atomic mass is 9.87. The second-order valence-electron chi connectivity index (χ2n) is 4.73. The summed E-state index contributed by atoms with van der Waals surface area (Å²) in [5.74, 6) is -3.31. The van der Waals surface area contributed by atoms with Gasteiger partial charge in [-0.05, 0) is 6.92 Å². The Morgan fingerprint density at radius 1 is 0.870 bits per heavy atom. The molecule has 1 aromatic carbocycles.